The van der Waals surface area contributed by atoms with Crippen molar-refractivity contribution in [3.05, 3.63) is 52.0 Å². The van der Waals surface area contributed by atoms with Gasteiger partial charge in [0.2, 0.25) is 0 Å². The summed E-state index contributed by atoms with van der Waals surface area (Å²) in [4.78, 5) is 4.88. The van der Waals surface area contributed by atoms with Gasteiger partial charge in [0.05, 0.1) is 5.69 Å². The van der Waals surface area contributed by atoms with Crippen molar-refractivity contribution < 1.29 is 0 Å². The van der Waals surface area contributed by atoms with E-state index in [1.54, 1.807) is 0 Å². The third kappa shape index (κ3) is 1.89. The summed E-state index contributed by atoms with van der Waals surface area (Å²) in [5, 5.41) is 3.57. The second-order valence-corrected chi connectivity index (χ2v) is 6.01. The molecule has 0 atom stereocenters. The number of hydrogen-bond donors (Lipinski definition) is 0. The Hall–Kier alpha value is -1.15. The molecule has 0 spiro atoms. The molecular weight excluding hydrogens is 238 g/mol. The molecule has 0 N–H and O–H groups in total. The fourth-order valence-electron chi connectivity index (χ4n) is 3.05. The van der Waals surface area contributed by atoms with Crippen LogP contribution in [0.3, 0.4) is 0 Å². The predicted molar refractivity (Wildman–Crippen MR) is 77.2 cm³/mol. The largest absolute Gasteiger partial charge is 0.245 e. The van der Waals surface area contributed by atoms with Crippen LogP contribution in [0.25, 0.3) is 0 Å². The molecular formula is C16H19NS. The minimum absolute atomic E-state index is 0.208. The van der Waals surface area contributed by atoms with Gasteiger partial charge in [-0.2, -0.15) is 0 Å². The Bertz CT molecular complexity index is 509. The van der Waals surface area contributed by atoms with E-state index in [4.69, 9.17) is 4.98 Å². The van der Waals surface area contributed by atoms with Gasteiger partial charge in [-0.3, -0.25) is 0 Å². The Labute approximate surface area is 113 Å². The van der Waals surface area contributed by atoms with E-state index < -0.39 is 0 Å². The lowest BCUT2D eigenvalue weighted by molar-refractivity contribution is 0.530. The summed E-state index contributed by atoms with van der Waals surface area (Å²) in [7, 11) is 0. The minimum Gasteiger partial charge on any atom is -0.245 e. The van der Waals surface area contributed by atoms with Crippen LogP contribution in [0.2, 0.25) is 0 Å². The Morgan fingerprint density at radius 3 is 2.50 bits per heavy atom. The van der Waals surface area contributed by atoms with Gasteiger partial charge in [0.1, 0.15) is 5.01 Å². The maximum atomic E-state index is 4.88. The second-order valence-electron chi connectivity index (χ2n) is 5.15. The maximum absolute atomic E-state index is 4.88. The third-order valence-corrected chi connectivity index (χ3v) is 5.20. The topological polar surface area (TPSA) is 12.9 Å². The molecule has 18 heavy (non-hydrogen) atoms. The molecule has 0 saturated heterocycles. The van der Waals surface area contributed by atoms with E-state index in [0.29, 0.717) is 0 Å². The van der Waals surface area contributed by atoms with Crippen LogP contribution in [0.4, 0.5) is 0 Å². The normalized spacial score (nSPS) is 18.1. The van der Waals surface area contributed by atoms with E-state index in [1.165, 1.54) is 41.9 Å². The molecule has 3 rings (SSSR count). The highest BCUT2D eigenvalue weighted by molar-refractivity contribution is 7.09. The van der Waals surface area contributed by atoms with Crippen LogP contribution in [-0.4, -0.2) is 4.98 Å². The van der Waals surface area contributed by atoms with E-state index in [0.717, 1.165) is 6.42 Å². The molecule has 1 heterocycles. The lowest BCUT2D eigenvalue weighted by Gasteiger charge is -2.27. The summed E-state index contributed by atoms with van der Waals surface area (Å²) in [6, 6.07) is 11.0. The first-order chi connectivity index (χ1) is 8.85. The summed E-state index contributed by atoms with van der Waals surface area (Å²) >= 11 is 1.85. The van der Waals surface area contributed by atoms with Crippen LogP contribution in [0.1, 0.15) is 48.9 Å². The Morgan fingerprint density at radius 1 is 1.17 bits per heavy atom. The van der Waals surface area contributed by atoms with Gasteiger partial charge < -0.3 is 0 Å². The number of aromatic nitrogens is 1. The van der Waals surface area contributed by atoms with Crippen molar-refractivity contribution in [2.45, 2.75) is 44.4 Å². The van der Waals surface area contributed by atoms with Gasteiger partial charge in [-0.25, -0.2) is 4.98 Å². The number of nitrogens with zero attached hydrogens (tertiary/aromatic N) is 1. The highest BCUT2D eigenvalue weighted by atomic mass is 32.1. The van der Waals surface area contributed by atoms with E-state index in [2.05, 4.69) is 42.6 Å². The molecule has 0 amide bonds. The molecule has 0 aliphatic heterocycles. The second kappa shape index (κ2) is 4.85. The van der Waals surface area contributed by atoms with Gasteiger partial charge in [0.15, 0.2) is 0 Å². The van der Waals surface area contributed by atoms with E-state index in [1.807, 2.05) is 11.3 Å². The Balaban J connectivity index is 2.06. The van der Waals surface area contributed by atoms with Crippen LogP contribution in [0.15, 0.2) is 35.7 Å². The zero-order valence-corrected chi connectivity index (χ0v) is 11.7. The molecule has 1 nitrogen and oxygen atoms in total. The quantitative estimate of drug-likeness (QED) is 0.785. The number of hydrogen-bond acceptors (Lipinski definition) is 2. The minimum atomic E-state index is 0.208. The predicted octanol–water partition coefficient (Wildman–Crippen LogP) is 4.57. The first-order valence-electron chi connectivity index (χ1n) is 6.85. The molecule has 2 heteroatoms. The average Bonchev–Trinajstić information content (AvgIpc) is 3.09. The molecule has 0 unspecified atom stereocenters. The zero-order chi connectivity index (χ0) is 12.4. The number of aryl methyl sites for hydroxylation is 1. The highest BCUT2D eigenvalue weighted by Gasteiger charge is 2.39. The standard InChI is InChI=1S/C16H19NS/c1-2-14-12-18-15(17-14)16(10-6-7-11-16)13-8-4-3-5-9-13/h3-5,8-9,12H,2,6-7,10-11H2,1H3. The third-order valence-electron chi connectivity index (χ3n) is 4.11. The molecule has 1 saturated carbocycles. The van der Waals surface area contributed by atoms with Crippen LogP contribution in [0, 0.1) is 0 Å². The first kappa shape index (κ1) is 11.9. The summed E-state index contributed by atoms with van der Waals surface area (Å²) in [6.45, 7) is 2.18. The lowest BCUT2D eigenvalue weighted by atomic mass is 9.79. The average molecular weight is 257 g/mol. The maximum Gasteiger partial charge on any atom is 0.103 e. The lowest BCUT2D eigenvalue weighted by Crippen LogP contribution is -2.23. The van der Waals surface area contributed by atoms with Gasteiger partial charge in [0.25, 0.3) is 0 Å². The smallest absolute Gasteiger partial charge is 0.103 e. The van der Waals surface area contributed by atoms with Crippen LogP contribution >= 0.6 is 11.3 Å². The van der Waals surface area contributed by atoms with Crippen molar-refractivity contribution in [1.29, 1.82) is 0 Å². The molecule has 1 aromatic carbocycles. The van der Waals surface area contributed by atoms with Crippen molar-refractivity contribution in [3.8, 4) is 0 Å². The van der Waals surface area contributed by atoms with Crippen molar-refractivity contribution >= 4 is 11.3 Å². The molecule has 1 fully saturated rings. The van der Waals surface area contributed by atoms with Gasteiger partial charge in [-0.15, -0.1) is 11.3 Å². The summed E-state index contributed by atoms with van der Waals surface area (Å²) in [6.07, 6.45) is 6.22. The number of thiazole rings is 1. The molecule has 2 aromatic rings. The fourth-order valence-corrected chi connectivity index (χ4v) is 4.24. The van der Waals surface area contributed by atoms with Gasteiger partial charge in [-0.05, 0) is 24.8 Å². The molecule has 94 valence electrons. The number of rotatable bonds is 3. The van der Waals surface area contributed by atoms with Crippen LogP contribution in [0.5, 0.6) is 0 Å². The van der Waals surface area contributed by atoms with Gasteiger partial charge >= 0.3 is 0 Å². The Kier molecular flexibility index (Phi) is 3.21. The monoisotopic (exact) mass is 257 g/mol. The van der Waals surface area contributed by atoms with Crippen molar-refractivity contribution in [2.75, 3.05) is 0 Å². The molecule has 1 aliphatic rings. The van der Waals surface area contributed by atoms with Gasteiger partial charge in [0, 0.05) is 10.8 Å². The Morgan fingerprint density at radius 2 is 1.89 bits per heavy atom. The summed E-state index contributed by atoms with van der Waals surface area (Å²) < 4.78 is 0. The fraction of sp³-hybridized carbons (Fsp3) is 0.438. The summed E-state index contributed by atoms with van der Waals surface area (Å²) in [5.41, 5.74) is 2.91. The molecule has 0 bridgehead atoms. The molecule has 1 aromatic heterocycles. The van der Waals surface area contributed by atoms with Crippen molar-refractivity contribution in [2.24, 2.45) is 0 Å². The van der Waals surface area contributed by atoms with Crippen LogP contribution in [-0.2, 0) is 11.8 Å². The van der Waals surface area contributed by atoms with E-state index in [-0.39, 0.29) is 5.41 Å². The zero-order valence-electron chi connectivity index (χ0n) is 10.9. The number of benzene rings is 1. The molecule has 1 aliphatic carbocycles. The van der Waals surface area contributed by atoms with Crippen molar-refractivity contribution in [1.82, 2.24) is 4.98 Å². The first-order valence-corrected chi connectivity index (χ1v) is 7.73. The highest BCUT2D eigenvalue weighted by Crippen LogP contribution is 2.47. The van der Waals surface area contributed by atoms with Crippen molar-refractivity contribution in [3.63, 3.8) is 0 Å². The van der Waals surface area contributed by atoms with Gasteiger partial charge in [-0.1, -0.05) is 50.1 Å². The van der Waals surface area contributed by atoms with Crippen LogP contribution < -0.4 is 0 Å². The van der Waals surface area contributed by atoms with E-state index in [9.17, 15) is 0 Å². The van der Waals surface area contributed by atoms with E-state index >= 15 is 0 Å². The SMILES string of the molecule is CCc1csc(C2(c3ccccc3)CCCC2)n1. The molecule has 0 radical (unpaired) electrons. The summed E-state index contributed by atoms with van der Waals surface area (Å²) in [5.74, 6) is 0.